The Labute approximate surface area is 126 Å². The molecule has 8 heteroatoms. The third-order valence-electron chi connectivity index (χ3n) is 2.41. The Kier molecular flexibility index (Phi) is 5.56. The summed E-state index contributed by atoms with van der Waals surface area (Å²) in [5.74, 6) is -0.811. The van der Waals surface area contributed by atoms with Crippen LogP contribution in [0.2, 0.25) is 0 Å². The molecule has 0 aliphatic heterocycles. The average molecular weight is 398 g/mol. The van der Waals surface area contributed by atoms with Crippen molar-refractivity contribution in [3.63, 3.8) is 0 Å². The molecule has 0 aromatic heterocycles. The van der Waals surface area contributed by atoms with Gasteiger partial charge in [-0.3, -0.25) is 4.79 Å². The van der Waals surface area contributed by atoms with Gasteiger partial charge in [0, 0.05) is 24.2 Å². The molecule has 2 N–H and O–H groups in total. The molecule has 0 saturated carbocycles. The maximum absolute atomic E-state index is 11.8. The van der Waals surface area contributed by atoms with Gasteiger partial charge in [0.15, 0.2) is 0 Å². The van der Waals surface area contributed by atoms with E-state index < -0.39 is 15.9 Å². The molecule has 0 atom stereocenters. The molecule has 0 aliphatic carbocycles. The number of hydrogen-bond donors (Lipinski definition) is 2. The Bertz CT molecular complexity index is 572. The number of nitrogens with zero attached hydrogens (tertiary/aromatic N) is 1. The maximum Gasteiger partial charge on any atom is 0.255 e. The van der Waals surface area contributed by atoms with Crippen LogP contribution < -0.4 is 5.32 Å². The molecule has 6 nitrogen and oxygen atoms in total. The van der Waals surface area contributed by atoms with Crippen molar-refractivity contribution < 1.29 is 18.3 Å². The highest BCUT2D eigenvalue weighted by Gasteiger charge is 2.15. The number of nitrogens with one attached hydrogen (secondary N) is 1. The van der Waals surface area contributed by atoms with E-state index in [4.69, 9.17) is 0 Å². The van der Waals surface area contributed by atoms with E-state index in [0.717, 1.165) is 7.88 Å². The number of rotatable bonds is 5. The minimum absolute atomic E-state index is 0.00966. The van der Waals surface area contributed by atoms with Crippen LogP contribution in [-0.4, -0.2) is 50.1 Å². The minimum Gasteiger partial charge on any atom is -0.507 e. The van der Waals surface area contributed by atoms with Crippen LogP contribution in [0.4, 0.5) is 0 Å². The first-order valence-electron chi connectivity index (χ1n) is 5.41. The highest BCUT2D eigenvalue weighted by atomic mass is 127. The molecule has 0 radical (unpaired) electrons. The lowest BCUT2D eigenvalue weighted by atomic mass is 10.2. The quantitative estimate of drug-likeness (QED) is 0.713. The van der Waals surface area contributed by atoms with E-state index in [2.05, 4.69) is 5.32 Å². The zero-order chi connectivity index (χ0) is 14.6. The second kappa shape index (κ2) is 6.53. The molecule has 1 amide bonds. The largest absolute Gasteiger partial charge is 0.507 e. The van der Waals surface area contributed by atoms with E-state index in [1.807, 2.05) is 22.6 Å². The Balaban J connectivity index is 2.64. The number of amides is 1. The molecule has 1 rings (SSSR count). The summed E-state index contributed by atoms with van der Waals surface area (Å²) in [5, 5.41) is 12.0. The van der Waals surface area contributed by atoms with Gasteiger partial charge in [0.1, 0.15) is 5.75 Å². The highest BCUT2D eigenvalue weighted by molar-refractivity contribution is 14.1. The summed E-state index contributed by atoms with van der Waals surface area (Å²) in [7, 11) is -0.474. The zero-order valence-corrected chi connectivity index (χ0v) is 13.5. The van der Waals surface area contributed by atoms with E-state index in [0.29, 0.717) is 0 Å². The smallest absolute Gasteiger partial charge is 0.255 e. The SMILES string of the molecule is CN(C)S(=O)(=O)CCNC(=O)c1cc(I)ccc1O. The second-order valence-corrected chi connectivity index (χ2v) is 7.56. The van der Waals surface area contributed by atoms with Crippen LogP contribution in [0.3, 0.4) is 0 Å². The van der Waals surface area contributed by atoms with Gasteiger partial charge < -0.3 is 10.4 Å². The predicted molar refractivity (Wildman–Crippen MR) is 80.6 cm³/mol. The number of carbonyl (C=O) groups excluding carboxylic acids is 1. The summed E-state index contributed by atoms with van der Waals surface area (Å²) in [6, 6.07) is 4.63. The van der Waals surface area contributed by atoms with Gasteiger partial charge in [0.05, 0.1) is 11.3 Å². The maximum atomic E-state index is 11.8. The standard InChI is InChI=1S/C11H15IN2O4S/c1-14(2)19(17,18)6-5-13-11(16)9-7-8(12)3-4-10(9)15/h3-4,7,15H,5-6H2,1-2H3,(H,13,16). The van der Waals surface area contributed by atoms with E-state index in [9.17, 15) is 18.3 Å². The molecule has 19 heavy (non-hydrogen) atoms. The number of hydrogen-bond acceptors (Lipinski definition) is 4. The summed E-state index contributed by atoms with van der Waals surface area (Å²) in [5.41, 5.74) is 0.133. The average Bonchev–Trinajstić information content (AvgIpc) is 2.31. The summed E-state index contributed by atoms with van der Waals surface area (Å²) in [6.45, 7) is -0.00966. The van der Waals surface area contributed by atoms with Gasteiger partial charge in [-0.05, 0) is 40.8 Å². The van der Waals surface area contributed by atoms with Gasteiger partial charge in [-0.25, -0.2) is 12.7 Å². The van der Waals surface area contributed by atoms with Crippen LogP contribution in [-0.2, 0) is 10.0 Å². The topological polar surface area (TPSA) is 86.7 Å². The van der Waals surface area contributed by atoms with Crippen LogP contribution in [0, 0.1) is 3.57 Å². The molecule has 0 spiro atoms. The summed E-state index contributed by atoms with van der Waals surface area (Å²) in [4.78, 5) is 11.8. The lowest BCUT2D eigenvalue weighted by Gasteiger charge is -2.12. The van der Waals surface area contributed by atoms with Crippen LogP contribution in [0.25, 0.3) is 0 Å². The Morgan fingerprint density at radius 3 is 2.63 bits per heavy atom. The van der Waals surface area contributed by atoms with Crippen LogP contribution >= 0.6 is 22.6 Å². The minimum atomic E-state index is -3.34. The van der Waals surface area contributed by atoms with Gasteiger partial charge in [0.2, 0.25) is 10.0 Å². The molecule has 0 heterocycles. The lowest BCUT2D eigenvalue weighted by Crippen LogP contribution is -2.33. The third kappa shape index (κ3) is 4.62. The van der Waals surface area contributed by atoms with Gasteiger partial charge >= 0.3 is 0 Å². The molecule has 0 fully saturated rings. The predicted octanol–water partition coefficient (Wildman–Crippen LogP) is 0.618. The number of phenolic OH excluding ortho intramolecular Hbond substituents is 1. The first-order valence-corrected chi connectivity index (χ1v) is 8.10. The number of sulfonamides is 1. The molecule has 106 valence electrons. The van der Waals surface area contributed by atoms with Crippen molar-refractivity contribution in [2.45, 2.75) is 0 Å². The fourth-order valence-corrected chi connectivity index (χ4v) is 2.48. The summed E-state index contributed by atoms with van der Waals surface area (Å²) in [6.07, 6.45) is 0. The van der Waals surface area contributed by atoms with Crippen LogP contribution in [0.15, 0.2) is 18.2 Å². The van der Waals surface area contributed by atoms with E-state index >= 15 is 0 Å². The molecule has 0 bridgehead atoms. The lowest BCUT2D eigenvalue weighted by molar-refractivity contribution is 0.0953. The summed E-state index contributed by atoms with van der Waals surface area (Å²) >= 11 is 2.02. The Morgan fingerprint density at radius 2 is 2.05 bits per heavy atom. The number of carbonyl (C=O) groups is 1. The van der Waals surface area contributed by atoms with Crippen molar-refractivity contribution in [2.24, 2.45) is 0 Å². The van der Waals surface area contributed by atoms with Crippen LogP contribution in [0.5, 0.6) is 5.75 Å². The molecular weight excluding hydrogens is 383 g/mol. The first-order chi connectivity index (χ1) is 8.74. The van der Waals surface area contributed by atoms with E-state index in [-0.39, 0.29) is 23.6 Å². The second-order valence-electron chi connectivity index (χ2n) is 4.02. The highest BCUT2D eigenvalue weighted by Crippen LogP contribution is 2.19. The fraction of sp³-hybridized carbons (Fsp3) is 0.364. The number of benzene rings is 1. The molecule has 0 unspecified atom stereocenters. The van der Waals surface area contributed by atoms with E-state index in [1.54, 1.807) is 6.07 Å². The van der Waals surface area contributed by atoms with Gasteiger partial charge in [-0.15, -0.1) is 0 Å². The molecular formula is C11H15IN2O4S. The van der Waals surface area contributed by atoms with Gasteiger partial charge in [-0.2, -0.15) is 0 Å². The fourth-order valence-electron chi connectivity index (χ4n) is 1.26. The normalized spacial score (nSPS) is 11.6. The summed E-state index contributed by atoms with van der Waals surface area (Å²) < 4.78 is 24.9. The van der Waals surface area contributed by atoms with E-state index in [1.165, 1.54) is 26.2 Å². The van der Waals surface area contributed by atoms with Crippen molar-refractivity contribution >= 4 is 38.5 Å². The van der Waals surface area contributed by atoms with Gasteiger partial charge in [-0.1, -0.05) is 0 Å². The number of phenols is 1. The van der Waals surface area contributed by atoms with Crippen molar-refractivity contribution in [2.75, 3.05) is 26.4 Å². The first kappa shape index (κ1) is 16.2. The molecule has 1 aromatic rings. The van der Waals surface area contributed by atoms with Crippen molar-refractivity contribution in [3.8, 4) is 5.75 Å². The van der Waals surface area contributed by atoms with Crippen molar-refractivity contribution in [3.05, 3.63) is 27.3 Å². The zero-order valence-electron chi connectivity index (χ0n) is 10.6. The Hall–Kier alpha value is -0.870. The monoisotopic (exact) mass is 398 g/mol. The number of halogens is 1. The third-order valence-corrected chi connectivity index (χ3v) is 4.91. The van der Waals surface area contributed by atoms with Crippen LogP contribution in [0.1, 0.15) is 10.4 Å². The number of aromatic hydroxyl groups is 1. The molecule has 1 aromatic carbocycles. The Morgan fingerprint density at radius 1 is 1.42 bits per heavy atom. The van der Waals surface area contributed by atoms with Crippen molar-refractivity contribution in [1.29, 1.82) is 0 Å². The molecule has 0 aliphatic rings. The molecule has 0 saturated heterocycles. The van der Waals surface area contributed by atoms with Gasteiger partial charge in [0.25, 0.3) is 5.91 Å². The van der Waals surface area contributed by atoms with Crippen molar-refractivity contribution in [1.82, 2.24) is 9.62 Å².